The highest BCUT2D eigenvalue weighted by molar-refractivity contribution is 5.91. The molecular formula is C24H24FNO3. The third kappa shape index (κ3) is 5.52. The summed E-state index contributed by atoms with van der Waals surface area (Å²) in [6.07, 6.45) is 8.89. The molecule has 4 nitrogen and oxygen atoms in total. The van der Waals surface area contributed by atoms with Crippen LogP contribution in [0, 0.1) is 23.1 Å². The van der Waals surface area contributed by atoms with Crippen LogP contribution in [-0.2, 0) is 4.74 Å². The molecule has 2 aromatic carbocycles. The second-order valence-corrected chi connectivity index (χ2v) is 7.26. The number of carbonyl (C=O) groups is 1. The van der Waals surface area contributed by atoms with Gasteiger partial charge in [-0.15, -0.1) is 0 Å². The Bertz CT molecular complexity index is 907. The standard InChI is InChI=1S/C24H24FNO3/c1-28-14-2-3-17-4-6-18(7-5-17)19-8-10-20(11-9-19)24(27)29-22-13-12-21(16-26)23(25)15-22/h2-3,8-13,15,17-18H,4-7,14H2,1H3. The zero-order valence-electron chi connectivity index (χ0n) is 16.4. The minimum absolute atomic E-state index is 0.0791. The molecule has 1 fully saturated rings. The predicted octanol–water partition coefficient (Wildman–Crippen LogP) is 5.39. The zero-order chi connectivity index (χ0) is 20.6. The molecule has 0 aliphatic heterocycles. The number of nitrogens with zero attached hydrogens (tertiary/aromatic N) is 1. The summed E-state index contributed by atoms with van der Waals surface area (Å²) >= 11 is 0. The molecule has 29 heavy (non-hydrogen) atoms. The van der Waals surface area contributed by atoms with E-state index in [0.717, 1.165) is 31.7 Å². The number of hydrogen-bond donors (Lipinski definition) is 0. The fourth-order valence-electron chi connectivity index (χ4n) is 3.70. The quantitative estimate of drug-likeness (QED) is 0.375. The van der Waals surface area contributed by atoms with E-state index in [4.69, 9.17) is 14.7 Å². The normalized spacial score (nSPS) is 19.1. The van der Waals surface area contributed by atoms with Crippen molar-refractivity contribution in [2.45, 2.75) is 31.6 Å². The van der Waals surface area contributed by atoms with Gasteiger partial charge in [-0.05, 0) is 67.3 Å². The van der Waals surface area contributed by atoms with Crippen LogP contribution in [0.2, 0.25) is 0 Å². The van der Waals surface area contributed by atoms with E-state index in [9.17, 15) is 9.18 Å². The van der Waals surface area contributed by atoms with E-state index in [1.54, 1.807) is 25.3 Å². The van der Waals surface area contributed by atoms with Crippen LogP contribution in [0.4, 0.5) is 4.39 Å². The van der Waals surface area contributed by atoms with Crippen molar-refractivity contribution in [3.8, 4) is 11.8 Å². The smallest absolute Gasteiger partial charge is 0.343 e. The number of carbonyl (C=O) groups excluding carboxylic acids is 1. The average Bonchev–Trinajstić information content (AvgIpc) is 2.75. The lowest BCUT2D eigenvalue weighted by atomic mass is 9.78. The Labute approximate surface area is 170 Å². The fraction of sp³-hybridized carbons (Fsp3) is 0.333. The first kappa shape index (κ1) is 20.8. The van der Waals surface area contributed by atoms with Crippen LogP contribution >= 0.6 is 0 Å². The summed E-state index contributed by atoms with van der Waals surface area (Å²) in [7, 11) is 1.70. The third-order valence-corrected chi connectivity index (χ3v) is 5.33. The Morgan fingerprint density at radius 3 is 2.52 bits per heavy atom. The van der Waals surface area contributed by atoms with Crippen LogP contribution < -0.4 is 4.74 Å². The number of ether oxygens (including phenoxy) is 2. The van der Waals surface area contributed by atoms with Gasteiger partial charge in [0.15, 0.2) is 0 Å². The maximum atomic E-state index is 13.7. The number of allylic oxidation sites excluding steroid dienone is 1. The van der Waals surface area contributed by atoms with Crippen LogP contribution in [0.5, 0.6) is 5.75 Å². The Hall–Kier alpha value is -2.97. The van der Waals surface area contributed by atoms with Crippen molar-refractivity contribution in [3.63, 3.8) is 0 Å². The maximum absolute atomic E-state index is 13.7. The average molecular weight is 393 g/mol. The largest absolute Gasteiger partial charge is 0.423 e. The predicted molar refractivity (Wildman–Crippen MR) is 108 cm³/mol. The van der Waals surface area contributed by atoms with Crippen molar-refractivity contribution in [3.05, 3.63) is 77.1 Å². The Morgan fingerprint density at radius 1 is 1.17 bits per heavy atom. The second kappa shape index (κ2) is 9.99. The van der Waals surface area contributed by atoms with Gasteiger partial charge >= 0.3 is 5.97 Å². The first-order valence-corrected chi connectivity index (χ1v) is 9.78. The Kier molecular flexibility index (Phi) is 7.15. The van der Waals surface area contributed by atoms with Crippen molar-refractivity contribution in [2.24, 2.45) is 5.92 Å². The number of nitriles is 1. The van der Waals surface area contributed by atoms with Crippen LogP contribution in [-0.4, -0.2) is 19.7 Å². The van der Waals surface area contributed by atoms with Crippen LogP contribution in [0.1, 0.15) is 53.1 Å². The van der Waals surface area contributed by atoms with Gasteiger partial charge in [-0.2, -0.15) is 5.26 Å². The first-order chi connectivity index (χ1) is 14.1. The summed E-state index contributed by atoms with van der Waals surface area (Å²) < 4.78 is 23.9. The van der Waals surface area contributed by atoms with E-state index in [-0.39, 0.29) is 11.3 Å². The van der Waals surface area contributed by atoms with Gasteiger partial charge in [0.25, 0.3) is 0 Å². The summed E-state index contributed by atoms with van der Waals surface area (Å²) in [4.78, 5) is 12.3. The SMILES string of the molecule is COCC=CC1CCC(c2ccc(C(=O)Oc3ccc(C#N)c(F)c3)cc2)CC1. The minimum Gasteiger partial charge on any atom is -0.423 e. The molecule has 0 heterocycles. The van der Waals surface area contributed by atoms with Gasteiger partial charge in [0, 0.05) is 13.2 Å². The minimum atomic E-state index is -0.708. The lowest BCUT2D eigenvalue weighted by Crippen LogP contribution is -2.13. The summed E-state index contributed by atoms with van der Waals surface area (Å²) in [6, 6.07) is 12.9. The van der Waals surface area contributed by atoms with Gasteiger partial charge in [-0.25, -0.2) is 9.18 Å². The number of halogens is 1. The number of methoxy groups -OCH3 is 1. The van der Waals surface area contributed by atoms with Crippen molar-refractivity contribution in [2.75, 3.05) is 13.7 Å². The summed E-state index contributed by atoms with van der Waals surface area (Å²) in [5.41, 5.74) is 1.55. The van der Waals surface area contributed by atoms with Crippen molar-refractivity contribution in [1.82, 2.24) is 0 Å². The molecule has 3 rings (SSSR count). The van der Waals surface area contributed by atoms with E-state index in [1.807, 2.05) is 12.1 Å². The van der Waals surface area contributed by atoms with E-state index >= 15 is 0 Å². The number of hydrogen-bond acceptors (Lipinski definition) is 4. The number of rotatable bonds is 6. The number of benzene rings is 2. The third-order valence-electron chi connectivity index (χ3n) is 5.33. The molecule has 0 unspecified atom stereocenters. The van der Waals surface area contributed by atoms with Crippen LogP contribution in [0.15, 0.2) is 54.6 Å². The Balaban J connectivity index is 1.57. The van der Waals surface area contributed by atoms with Crippen LogP contribution in [0.25, 0.3) is 0 Å². The summed E-state index contributed by atoms with van der Waals surface area (Å²) in [5, 5.41) is 8.76. The van der Waals surface area contributed by atoms with Gasteiger partial charge in [-0.1, -0.05) is 24.3 Å². The monoisotopic (exact) mass is 393 g/mol. The van der Waals surface area contributed by atoms with Crippen LogP contribution in [0.3, 0.4) is 0 Å². The molecule has 0 N–H and O–H groups in total. The molecule has 0 atom stereocenters. The van der Waals surface area contributed by atoms with Gasteiger partial charge in [0.1, 0.15) is 17.6 Å². The van der Waals surface area contributed by atoms with E-state index in [1.165, 1.54) is 17.7 Å². The van der Waals surface area contributed by atoms with E-state index in [0.29, 0.717) is 24.0 Å². The second-order valence-electron chi connectivity index (χ2n) is 7.26. The van der Waals surface area contributed by atoms with Crippen molar-refractivity contribution >= 4 is 5.97 Å². The van der Waals surface area contributed by atoms with Crippen molar-refractivity contribution < 1.29 is 18.7 Å². The molecule has 0 radical (unpaired) electrons. The molecule has 1 saturated carbocycles. The molecule has 2 aromatic rings. The highest BCUT2D eigenvalue weighted by Crippen LogP contribution is 2.36. The van der Waals surface area contributed by atoms with Gasteiger partial charge in [0.2, 0.25) is 0 Å². The molecule has 0 amide bonds. The molecule has 150 valence electrons. The molecular weight excluding hydrogens is 369 g/mol. The topological polar surface area (TPSA) is 59.3 Å². The lowest BCUT2D eigenvalue weighted by Gasteiger charge is -2.27. The van der Waals surface area contributed by atoms with E-state index < -0.39 is 11.8 Å². The maximum Gasteiger partial charge on any atom is 0.343 e. The molecule has 1 aliphatic carbocycles. The molecule has 1 aliphatic rings. The fourth-order valence-corrected chi connectivity index (χ4v) is 3.70. The number of esters is 1. The Morgan fingerprint density at radius 2 is 1.90 bits per heavy atom. The lowest BCUT2D eigenvalue weighted by molar-refractivity contribution is 0.0734. The first-order valence-electron chi connectivity index (χ1n) is 9.78. The molecule has 0 aromatic heterocycles. The molecule has 0 spiro atoms. The van der Waals surface area contributed by atoms with Gasteiger partial charge in [0.05, 0.1) is 17.7 Å². The summed E-state index contributed by atoms with van der Waals surface area (Å²) in [6.45, 7) is 0.659. The highest BCUT2D eigenvalue weighted by Gasteiger charge is 2.21. The van der Waals surface area contributed by atoms with Gasteiger partial charge in [-0.3, -0.25) is 0 Å². The van der Waals surface area contributed by atoms with Gasteiger partial charge < -0.3 is 9.47 Å². The van der Waals surface area contributed by atoms with Crippen molar-refractivity contribution in [1.29, 1.82) is 5.26 Å². The zero-order valence-corrected chi connectivity index (χ0v) is 16.4. The highest BCUT2D eigenvalue weighted by atomic mass is 19.1. The molecule has 0 saturated heterocycles. The molecule has 0 bridgehead atoms. The summed E-state index contributed by atoms with van der Waals surface area (Å²) in [5.74, 6) is -0.0628. The molecule has 5 heteroatoms. The van der Waals surface area contributed by atoms with E-state index in [2.05, 4.69) is 12.2 Å².